The third-order valence-electron chi connectivity index (χ3n) is 12.3. The number of para-hydroxylation sites is 3. The first-order valence-electron chi connectivity index (χ1n) is 19.9. The number of nitrogens with zero attached hydrogens (tertiary/aromatic N) is 2. The molecule has 9 aromatic carbocycles. The molecule has 0 aliphatic carbocycles. The minimum atomic E-state index is -2.90. The van der Waals surface area contributed by atoms with Gasteiger partial charge in [-0.25, -0.2) is 0 Å². The van der Waals surface area contributed by atoms with Gasteiger partial charge in [0.2, 0.25) is 0 Å². The smallest absolute Gasteiger partial charge is 0.179 e. The average Bonchev–Trinajstić information content (AvgIpc) is 3.96. The van der Waals surface area contributed by atoms with E-state index in [0.29, 0.717) is 0 Å². The lowest BCUT2D eigenvalue weighted by atomic mass is 10.1. The highest BCUT2D eigenvalue weighted by molar-refractivity contribution is 7.26. The van der Waals surface area contributed by atoms with Crippen molar-refractivity contribution in [3.05, 3.63) is 218 Å². The van der Waals surface area contributed by atoms with Crippen molar-refractivity contribution in [2.24, 2.45) is 0 Å². The molecular formula is C54H36N2SSi. The van der Waals surface area contributed by atoms with Crippen LogP contribution in [-0.2, 0) is 0 Å². The summed E-state index contributed by atoms with van der Waals surface area (Å²) < 4.78 is 7.59. The molecule has 0 atom stereocenters. The molecular weight excluding hydrogens is 737 g/mol. The molecule has 4 heteroatoms. The zero-order chi connectivity index (χ0) is 38.2. The van der Waals surface area contributed by atoms with Crippen molar-refractivity contribution in [2.45, 2.75) is 0 Å². The molecule has 0 saturated heterocycles. The van der Waals surface area contributed by atoms with E-state index in [-0.39, 0.29) is 0 Å². The van der Waals surface area contributed by atoms with Gasteiger partial charge in [0.05, 0.1) is 22.1 Å². The molecule has 0 amide bonds. The fourth-order valence-electron chi connectivity index (χ4n) is 9.85. The van der Waals surface area contributed by atoms with Gasteiger partial charge in [0.15, 0.2) is 8.07 Å². The zero-order valence-corrected chi connectivity index (χ0v) is 33.4. The molecule has 12 aromatic rings. The second kappa shape index (κ2) is 13.0. The third kappa shape index (κ3) is 4.76. The number of hydrogen-bond donors (Lipinski definition) is 0. The molecule has 0 unspecified atom stereocenters. The zero-order valence-electron chi connectivity index (χ0n) is 31.6. The summed E-state index contributed by atoms with van der Waals surface area (Å²) in [6.45, 7) is 0. The number of hydrogen-bond acceptors (Lipinski definition) is 1. The Morgan fingerprint density at radius 2 is 0.810 bits per heavy atom. The van der Waals surface area contributed by atoms with Crippen molar-refractivity contribution in [3.63, 3.8) is 0 Å². The van der Waals surface area contributed by atoms with Crippen molar-refractivity contribution < 1.29 is 0 Å². The number of fused-ring (bicyclic) bond motifs is 10. The molecule has 0 radical (unpaired) electrons. The van der Waals surface area contributed by atoms with Crippen molar-refractivity contribution in [1.82, 2.24) is 9.13 Å². The number of rotatable bonds is 6. The maximum atomic E-state index is 2.54. The third-order valence-corrected chi connectivity index (χ3v) is 18.2. The summed E-state index contributed by atoms with van der Waals surface area (Å²) in [4.78, 5) is 0. The lowest BCUT2D eigenvalue weighted by Gasteiger charge is -2.35. The van der Waals surface area contributed by atoms with Crippen LogP contribution in [0.2, 0.25) is 0 Å². The van der Waals surface area contributed by atoms with Crippen LogP contribution < -0.4 is 20.7 Å². The summed E-state index contributed by atoms with van der Waals surface area (Å²) in [6, 6.07) is 81.5. The molecule has 3 aromatic heterocycles. The first-order valence-corrected chi connectivity index (χ1v) is 22.8. The van der Waals surface area contributed by atoms with E-state index < -0.39 is 8.07 Å². The molecule has 0 saturated carbocycles. The molecule has 0 N–H and O–H groups in total. The lowest BCUT2D eigenvalue weighted by Crippen LogP contribution is -2.74. The molecule has 0 aliphatic heterocycles. The molecule has 58 heavy (non-hydrogen) atoms. The Balaban J connectivity index is 1.14. The van der Waals surface area contributed by atoms with Crippen LogP contribution in [-0.4, -0.2) is 17.2 Å². The molecule has 12 rings (SSSR count). The summed E-state index contributed by atoms with van der Waals surface area (Å²) in [5.74, 6) is 0. The summed E-state index contributed by atoms with van der Waals surface area (Å²) >= 11 is 1.88. The number of aromatic nitrogens is 2. The quantitative estimate of drug-likeness (QED) is 0.118. The van der Waals surface area contributed by atoms with E-state index in [0.717, 1.165) is 5.69 Å². The van der Waals surface area contributed by atoms with Crippen molar-refractivity contribution in [3.8, 4) is 11.4 Å². The second-order valence-corrected chi connectivity index (χ2v) is 20.1. The van der Waals surface area contributed by atoms with Gasteiger partial charge < -0.3 is 9.13 Å². The first-order chi connectivity index (χ1) is 28.8. The Morgan fingerprint density at radius 3 is 1.45 bits per heavy atom. The van der Waals surface area contributed by atoms with Gasteiger partial charge in [-0.05, 0) is 75.3 Å². The highest BCUT2D eigenvalue weighted by Gasteiger charge is 2.41. The molecule has 0 aliphatic rings. The fourth-order valence-corrected chi connectivity index (χ4v) is 15.7. The van der Waals surface area contributed by atoms with Crippen LogP contribution in [0, 0.1) is 0 Å². The van der Waals surface area contributed by atoms with Crippen LogP contribution in [0.5, 0.6) is 0 Å². The second-order valence-electron chi connectivity index (χ2n) is 15.2. The van der Waals surface area contributed by atoms with Gasteiger partial charge in [0.1, 0.15) is 0 Å². The van der Waals surface area contributed by atoms with Gasteiger partial charge in [0, 0.05) is 53.1 Å². The normalized spacial score (nSPS) is 12.1. The summed E-state index contributed by atoms with van der Waals surface area (Å²) in [7, 11) is -2.90. The molecule has 272 valence electrons. The van der Waals surface area contributed by atoms with Crippen molar-refractivity contribution in [2.75, 3.05) is 0 Å². The van der Waals surface area contributed by atoms with Crippen LogP contribution in [0.4, 0.5) is 0 Å². The summed E-state index contributed by atoms with van der Waals surface area (Å²) in [5, 5.41) is 13.2. The summed E-state index contributed by atoms with van der Waals surface area (Å²) in [5.41, 5.74) is 7.28. The number of thiophene rings is 1. The van der Waals surface area contributed by atoms with E-state index in [4.69, 9.17) is 0 Å². The van der Waals surface area contributed by atoms with Gasteiger partial charge >= 0.3 is 0 Å². The SMILES string of the molecule is c1ccc([Si](c2ccccc2)(c2ccc(-n3c4ccccc4c4ccccc43)cc2)c2cccc(-n3c4ccccc4c4ccc5sc6ccccc6c5c43)c2)cc1. The van der Waals surface area contributed by atoms with Crippen LogP contribution >= 0.6 is 11.3 Å². The van der Waals surface area contributed by atoms with Gasteiger partial charge in [-0.1, -0.05) is 164 Å². The van der Waals surface area contributed by atoms with E-state index in [2.05, 4.69) is 228 Å². The van der Waals surface area contributed by atoms with E-state index in [9.17, 15) is 0 Å². The van der Waals surface area contributed by atoms with Gasteiger partial charge in [-0.3, -0.25) is 0 Å². The van der Waals surface area contributed by atoms with Gasteiger partial charge in [0.25, 0.3) is 0 Å². The Hall–Kier alpha value is -6.98. The van der Waals surface area contributed by atoms with Gasteiger partial charge in [-0.2, -0.15) is 0 Å². The summed E-state index contributed by atoms with van der Waals surface area (Å²) in [6.07, 6.45) is 0. The highest BCUT2D eigenvalue weighted by Crippen LogP contribution is 2.43. The Bertz CT molecular complexity index is 3410. The standard InChI is InChI=1S/C54H36N2SSi/c1-3-17-39(18-4-1)58(40-19-5-2-6-20-40,41-32-30-37(31-33-41)55-48-26-11-7-22-43(48)44-23-8-12-27-49(44)55)42-21-15-16-38(36-42)56-50-28-13-9-24-45(50)46-34-35-52-53(54(46)56)47-25-10-14-29-51(47)57-52/h1-36H. The molecule has 3 heterocycles. The maximum Gasteiger partial charge on any atom is 0.179 e. The van der Waals surface area contributed by atoms with Gasteiger partial charge in [-0.15, -0.1) is 11.3 Å². The molecule has 2 nitrogen and oxygen atoms in total. The topological polar surface area (TPSA) is 9.86 Å². The Kier molecular flexibility index (Phi) is 7.46. The average molecular weight is 773 g/mol. The highest BCUT2D eigenvalue weighted by atomic mass is 32.1. The predicted molar refractivity (Wildman–Crippen MR) is 252 cm³/mol. The molecule has 0 bridgehead atoms. The predicted octanol–water partition coefficient (Wildman–Crippen LogP) is 11.6. The van der Waals surface area contributed by atoms with E-state index in [1.165, 1.54) is 90.2 Å². The minimum absolute atomic E-state index is 1.16. The monoisotopic (exact) mass is 772 g/mol. The van der Waals surface area contributed by atoms with Crippen molar-refractivity contribution >= 4 is 104 Å². The van der Waals surface area contributed by atoms with Crippen molar-refractivity contribution in [1.29, 1.82) is 0 Å². The number of benzene rings is 9. The van der Waals surface area contributed by atoms with Crippen LogP contribution in [0.25, 0.3) is 75.2 Å². The molecule has 0 fully saturated rings. The first kappa shape index (κ1) is 33.2. The fraction of sp³-hybridized carbons (Fsp3) is 0. The van der Waals surface area contributed by atoms with E-state index in [1.54, 1.807) is 0 Å². The van der Waals surface area contributed by atoms with Crippen LogP contribution in [0.1, 0.15) is 0 Å². The van der Waals surface area contributed by atoms with E-state index in [1.807, 2.05) is 11.3 Å². The molecule has 0 spiro atoms. The minimum Gasteiger partial charge on any atom is -0.309 e. The maximum absolute atomic E-state index is 2.90. The Morgan fingerprint density at radius 1 is 0.310 bits per heavy atom. The van der Waals surface area contributed by atoms with E-state index >= 15 is 0 Å². The van der Waals surface area contributed by atoms with Crippen LogP contribution in [0.3, 0.4) is 0 Å². The lowest BCUT2D eigenvalue weighted by molar-refractivity contribution is 1.18. The largest absolute Gasteiger partial charge is 0.309 e. The Labute approximate surface area is 341 Å². The van der Waals surface area contributed by atoms with Crippen LogP contribution in [0.15, 0.2) is 218 Å².